The highest BCUT2D eigenvalue weighted by Gasteiger charge is 2.10. The van der Waals surface area contributed by atoms with Crippen LogP contribution in [0.15, 0.2) is 30.6 Å². The number of aromatic nitrogens is 4. The number of benzene rings is 1. The summed E-state index contributed by atoms with van der Waals surface area (Å²) in [4.78, 5) is 16.4. The van der Waals surface area contributed by atoms with Crippen LogP contribution in [-0.4, -0.2) is 31.8 Å². The lowest BCUT2D eigenvalue weighted by Crippen LogP contribution is -2.37. The van der Waals surface area contributed by atoms with Crippen molar-refractivity contribution in [2.45, 2.75) is 26.3 Å². The molecule has 2 amide bonds. The predicted octanol–water partition coefficient (Wildman–Crippen LogP) is 2.36. The summed E-state index contributed by atoms with van der Waals surface area (Å²) in [6.07, 6.45) is 2.43. The SMILES string of the molecule is Cc1cc(CC(C)NC(=O)Nc2ccc3c(c2)ncn3C)n[nH]1. The first-order chi connectivity index (χ1) is 11.0. The van der Waals surface area contributed by atoms with Gasteiger partial charge < -0.3 is 15.2 Å². The maximum atomic E-state index is 12.1. The molecule has 1 unspecified atom stereocenters. The molecule has 0 fully saturated rings. The van der Waals surface area contributed by atoms with Crippen LogP contribution >= 0.6 is 0 Å². The van der Waals surface area contributed by atoms with Crippen molar-refractivity contribution >= 4 is 22.8 Å². The van der Waals surface area contributed by atoms with Gasteiger partial charge in [0.2, 0.25) is 0 Å². The molecule has 0 radical (unpaired) electrons. The number of nitrogens with one attached hydrogen (secondary N) is 3. The molecule has 23 heavy (non-hydrogen) atoms. The molecular weight excluding hydrogens is 292 g/mol. The lowest BCUT2D eigenvalue weighted by molar-refractivity contribution is 0.249. The summed E-state index contributed by atoms with van der Waals surface area (Å²) < 4.78 is 1.94. The first-order valence-corrected chi connectivity index (χ1v) is 7.51. The third-order valence-corrected chi connectivity index (χ3v) is 3.64. The van der Waals surface area contributed by atoms with Crippen molar-refractivity contribution in [3.8, 4) is 0 Å². The van der Waals surface area contributed by atoms with Gasteiger partial charge in [0.1, 0.15) is 0 Å². The van der Waals surface area contributed by atoms with Crippen LogP contribution in [0.4, 0.5) is 10.5 Å². The molecule has 3 N–H and O–H groups in total. The normalized spacial score (nSPS) is 12.3. The van der Waals surface area contributed by atoms with E-state index in [4.69, 9.17) is 0 Å². The molecule has 0 bridgehead atoms. The number of rotatable bonds is 4. The Hall–Kier alpha value is -2.83. The van der Waals surface area contributed by atoms with Crippen LogP contribution in [0.2, 0.25) is 0 Å². The molecule has 0 spiro atoms. The van der Waals surface area contributed by atoms with Gasteiger partial charge in [0.15, 0.2) is 0 Å². The molecule has 3 aromatic rings. The number of carbonyl (C=O) groups excluding carboxylic acids is 1. The zero-order valence-electron chi connectivity index (χ0n) is 13.4. The van der Waals surface area contributed by atoms with Gasteiger partial charge in [0.25, 0.3) is 0 Å². The van der Waals surface area contributed by atoms with E-state index in [2.05, 4.69) is 25.8 Å². The number of carbonyl (C=O) groups is 1. The molecule has 0 saturated carbocycles. The van der Waals surface area contributed by atoms with Gasteiger partial charge in [0, 0.05) is 30.9 Å². The Balaban J connectivity index is 1.59. The fourth-order valence-electron chi connectivity index (χ4n) is 2.55. The molecule has 7 heteroatoms. The van der Waals surface area contributed by atoms with Crippen LogP contribution in [0.1, 0.15) is 18.3 Å². The van der Waals surface area contributed by atoms with E-state index >= 15 is 0 Å². The third kappa shape index (κ3) is 3.50. The van der Waals surface area contributed by atoms with Crippen LogP contribution in [-0.2, 0) is 13.5 Å². The van der Waals surface area contributed by atoms with Crippen LogP contribution in [0.3, 0.4) is 0 Å². The number of aromatic amines is 1. The van der Waals surface area contributed by atoms with Crippen LogP contribution < -0.4 is 10.6 Å². The first-order valence-electron chi connectivity index (χ1n) is 7.51. The van der Waals surface area contributed by atoms with Crippen molar-refractivity contribution in [2.75, 3.05) is 5.32 Å². The second-order valence-electron chi connectivity index (χ2n) is 5.80. The molecule has 3 rings (SSSR count). The minimum Gasteiger partial charge on any atom is -0.335 e. The smallest absolute Gasteiger partial charge is 0.319 e. The Morgan fingerprint density at radius 3 is 2.96 bits per heavy atom. The molecule has 2 heterocycles. The Morgan fingerprint density at radius 2 is 2.22 bits per heavy atom. The average Bonchev–Trinajstić information content (AvgIpc) is 3.05. The number of anilines is 1. The van der Waals surface area contributed by atoms with Crippen molar-refractivity contribution in [1.82, 2.24) is 25.1 Å². The molecule has 1 aromatic carbocycles. The summed E-state index contributed by atoms with van der Waals surface area (Å²) in [6, 6.07) is 7.39. The third-order valence-electron chi connectivity index (χ3n) is 3.64. The van der Waals surface area contributed by atoms with Crippen LogP contribution in [0.5, 0.6) is 0 Å². The monoisotopic (exact) mass is 312 g/mol. The second kappa shape index (κ2) is 6.12. The highest BCUT2D eigenvalue weighted by atomic mass is 16.2. The van der Waals surface area contributed by atoms with E-state index in [0.29, 0.717) is 6.42 Å². The quantitative estimate of drug-likeness (QED) is 0.691. The maximum Gasteiger partial charge on any atom is 0.319 e. The van der Waals surface area contributed by atoms with Crippen molar-refractivity contribution in [3.63, 3.8) is 0 Å². The molecule has 1 atom stereocenters. The summed E-state index contributed by atoms with van der Waals surface area (Å²) in [5.74, 6) is 0. The van der Waals surface area contributed by atoms with Crippen molar-refractivity contribution < 1.29 is 4.79 Å². The number of urea groups is 1. The molecule has 0 saturated heterocycles. The van der Waals surface area contributed by atoms with Crippen LogP contribution in [0, 0.1) is 6.92 Å². The van der Waals surface area contributed by atoms with Gasteiger partial charge in [-0.2, -0.15) is 5.10 Å². The van der Waals surface area contributed by atoms with E-state index in [9.17, 15) is 4.79 Å². The summed E-state index contributed by atoms with van der Waals surface area (Å²) >= 11 is 0. The summed E-state index contributed by atoms with van der Waals surface area (Å²) in [6.45, 7) is 3.90. The topological polar surface area (TPSA) is 87.6 Å². The number of imidazole rings is 1. The average molecular weight is 312 g/mol. The fourth-order valence-corrected chi connectivity index (χ4v) is 2.55. The second-order valence-corrected chi connectivity index (χ2v) is 5.80. The lowest BCUT2D eigenvalue weighted by atomic mass is 10.2. The van der Waals surface area contributed by atoms with Gasteiger partial charge in [-0.1, -0.05) is 0 Å². The van der Waals surface area contributed by atoms with Gasteiger partial charge in [-0.15, -0.1) is 0 Å². The van der Waals surface area contributed by atoms with Crippen molar-refractivity contribution in [3.05, 3.63) is 42.0 Å². The standard InChI is InChI=1S/C16H20N6O/c1-10(6-13-7-11(2)20-21-13)18-16(23)19-12-4-5-15-14(8-12)17-9-22(15)3/h4-5,7-10H,6H2,1-3H3,(H,20,21)(H2,18,19,23). The molecular formula is C16H20N6O. The summed E-state index contributed by atoms with van der Waals surface area (Å²) in [5.41, 5.74) is 4.55. The van der Waals surface area contributed by atoms with Gasteiger partial charge in [-0.3, -0.25) is 5.10 Å². The Morgan fingerprint density at radius 1 is 1.39 bits per heavy atom. The largest absolute Gasteiger partial charge is 0.335 e. The zero-order valence-corrected chi connectivity index (χ0v) is 13.4. The Labute approximate surface area is 134 Å². The molecule has 120 valence electrons. The minimum atomic E-state index is -0.236. The molecule has 2 aromatic heterocycles. The molecule has 7 nitrogen and oxygen atoms in total. The van der Waals surface area contributed by atoms with Gasteiger partial charge in [-0.25, -0.2) is 9.78 Å². The molecule has 0 aliphatic heterocycles. The highest BCUT2D eigenvalue weighted by Crippen LogP contribution is 2.17. The van der Waals surface area contributed by atoms with Gasteiger partial charge in [0.05, 0.1) is 23.1 Å². The summed E-state index contributed by atoms with van der Waals surface area (Å²) in [7, 11) is 1.94. The van der Waals surface area contributed by atoms with E-state index in [1.165, 1.54) is 0 Å². The van der Waals surface area contributed by atoms with Crippen molar-refractivity contribution in [2.24, 2.45) is 7.05 Å². The van der Waals surface area contributed by atoms with E-state index in [1.807, 2.05) is 49.7 Å². The predicted molar refractivity (Wildman–Crippen MR) is 89.4 cm³/mol. The Bertz CT molecular complexity index is 834. The van der Waals surface area contributed by atoms with E-state index in [1.54, 1.807) is 6.33 Å². The number of amides is 2. The van der Waals surface area contributed by atoms with Gasteiger partial charge >= 0.3 is 6.03 Å². The van der Waals surface area contributed by atoms with Gasteiger partial charge in [-0.05, 0) is 38.1 Å². The lowest BCUT2D eigenvalue weighted by Gasteiger charge is -2.13. The summed E-state index contributed by atoms with van der Waals surface area (Å²) in [5, 5.41) is 12.8. The zero-order chi connectivity index (χ0) is 16.4. The number of nitrogens with zero attached hydrogens (tertiary/aromatic N) is 3. The minimum absolute atomic E-state index is 0.0173. The van der Waals surface area contributed by atoms with E-state index in [0.717, 1.165) is 28.1 Å². The number of fused-ring (bicyclic) bond motifs is 1. The Kier molecular flexibility index (Phi) is 4.01. The van der Waals surface area contributed by atoms with Crippen molar-refractivity contribution in [1.29, 1.82) is 0 Å². The highest BCUT2D eigenvalue weighted by molar-refractivity contribution is 5.92. The number of hydrogen-bond acceptors (Lipinski definition) is 3. The number of hydrogen-bond donors (Lipinski definition) is 3. The fraction of sp³-hybridized carbons (Fsp3) is 0.312. The van der Waals surface area contributed by atoms with E-state index < -0.39 is 0 Å². The molecule has 0 aliphatic carbocycles. The van der Waals surface area contributed by atoms with E-state index in [-0.39, 0.29) is 12.1 Å². The number of H-pyrrole nitrogens is 1. The first kappa shape index (κ1) is 15.1. The maximum absolute atomic E-state index is 12.1. The van der Waals surface area contributed by atoms with Crippen LogP contribution in [0.25, 0.3) is 11.0 Å². The molecule has 0 aliphatic rings. The number of aryl methyl sites for hydroxylation is 2.